The first kappa shape index (κ1) is 18.4. The van der Waals surface area contributed by atoms with Crippen molar-refractivity contribution in [1.29, 1.82) is 0 Å². The van der Waals surface area contributed by atoms with E-state index < -0.39 is 18.6 Å². The molecule has 0 saturated heterocycles. The van der Waals surface area contributed by atoms with Gasteiger partial charge < -0.3 is 9.64 Å². The van der Waals surface area contributed by atoms with Crippen molar-refractivity contribution in [1.82, 2.24) is 4.90 Å². The Kier molecular flexibility index (Phi) is 5.57. The maximum absolute atomic E-state index is 12.6. The van der Waals surface area contributed by atoms with Crippen molar-refractivity contribution in [3.05, 3.63) is 34.9 Å². The van der Waals surface area contributed by atoms with Crippen molar-refractivity contribution in [2.24, 2.45) is 5.92 Å². The molecular weight excluding hydrogens is 319 g/mol. The minimum atomic E-state index is -4.40. The van der Waals surface area contributed by atoms with Crippen molar-refractivity contribution in [2.75, 3.05) is 20.2 Å². The van der Waals surface area contributed by atoms with Crippen LogP contribution in [0.1, 0.15) is 41.8 Å². The summed E-state index contributed by atoms with van der Waals surface area (Å²) >= 11 is 0. The quantitative estimate of drug-likeness (QED) is 0.798. The van der Waals surface area contributed by atoms with Gasteiger partial charge in [-0.25, -0.2) is 0 Å². The van der Waals surface area contributed by atoms with Crippen LogP contribution in [0.5, 0.6) is 5.75 Å². The van der Waals surface area contributed by atoms with Crippen LogP contribution in [0, 0.1) is 5.92 Å². The fraction of sp³-hybridized carbons (Fsp3) is 0.500. The Bertz CT molecular complexity index is 621. The molecule has 0 radical (unpaired) electrons. The van der Waals surface area contributed by atoms with Crippen molar-refractivity contribution in [3.63, 3.8) is 0 Å². The predicted octanol–water partition coefficient (Wildman–Crippen LogP) is 4.32. The van der Waals surface area contributed by atoms with Gasteiger partial charge in [0.05, 0.1) is 12.7 Å². The number of amides is 1. The molecule has 1 unspecified atom stereocenters. The number of methoxy groups -OCH3 is 1. The number of benzene rings is 1. The summed E-state index contributed by atoms with van der Waals surface area (Å²) in [5.41, 5.74) is 1.87. The van der Waals surface area contributed by atoms with Crippen LogP contribution in [-0.4, -0.2) is 37.2 Å². The van der Waals surface area contributed by atoms with E-state index in [9.17, 15) is 18.0 Å². The Hall–Kier alpha value is -1.98. The number of hydrogen-bond donors (Lipinski definition) is 0. The van der Waals surface area contributed by atoms with Gasteiger partial charge in [-0.2, -0.15) is 13.2 Å². The molecule has 1 aliphatic rings. The molecule has 1 aromatic rings. The molecule has 6 heteroatoms. The number of carbonyl (C=O) groups is 1. The minimum Gasteiger partial charge on any atom is -0.496 e. The average molecular weight is 341 g/mol. The second-order valence-electron chi connectivity index (χ2n) is 6.09. The van der Waals surface area contributed by atoms with Crippen LogP contribution < -0.4 is 4.74 Å². The second kappa shape index (κ2) is 7.28. The summed E-state index contributed by atoms with van der Waals surface area (Å²) in [4.78, 5) is 13.3. The number of carbonyl (C=O) groups excluding carboxylic acids is 1. The topological polar surface area (TPSA) is 29.5 Å². The van der Waals surface area contributed by atoms with Crippen molar-refractivity contribution in [3.8, 4) is 5.75 Å². The molecule has 1 aliphatic heterocycles. The summed E-state index contributed by atoms with van der Waals surface area (Å²) in [7, 11) is 1.42. The second-order valence-corrected chi connectivity index (χ2v) is 6.09. The largest absolute Gasteiger partial charge is 0.496 e. The van der Waals surface area contributed by atoms with Crippen LogP contribution in [0.3, 0.4) is 0 Å². The van der Waals surface area contributed by atoms with Crippen LogP contribution in [-0.2, 0) is 6.42 Å². The Balaban J connectivity index is 2.34. The standard InChI is InChI=1S/C18H22F3NO2/c1-4-12(2)5-6-13-9-14-7-8-22(11-18(19,20)21)17(23)16(14)15(10-13)24-3/h5-6,9-10,12H,4,7-8,11H2,1-3H3/b6-5+. The number of rotatable bonds is 5. The lowest BCUT2D eigenvalue weighted by Crippen LogP contribution is -2.43. The maximum atomic E-state index is 12.6. The molecule has 1 amide bonds. The highest BCUT2D eigenvalue weighted by atomic mass is 19.4. The first-order valence-corrected chi connectivity index (χ1v) is 8.00. The van der Waals surface area contributed by atoms with Crippen LogP contribution in [0.2, 0.25) is 0 Å². The van der Waals surface area contributed by atoms with Gasteiger partial charge in [0.25, 0.3) is 5.91 Å². The monoisotopic (exact) mass is 341 g/mol. The molecule has 1 aromatic carbocycles. The highest BCUT2D eigenvalue weighted by Crippen LogP contribution is 2.32. The number of allylic oxidation sites excluding steroid dienone is 1. The van der Waals surface area contributed by atoms with E-state index in [1.165, 1.54) is 7.11 Å². The number of nitrogens with zero attached hydrogens (tertiary/aromatic N) is 1. The third-order valence-electron chi connectivity index (χ3n) is 4.21. The van der Waals surface area contributed by atoms with Crippen molar-refractivity contribution in [2.45, 2.75) is 32.9 Å². The fourth-order valence-corrected chi connectivity index (χ4v) is 2.69. The summed E-state index contributed by atoms with van der Waals surface area (Å²) in [5.74, 6) is 0.131. The number of fused-ring (bicyclic) bond motifs is 1. The molecule has 0 spiro atoms. The lowest BCUT2D eigenvalue weighted by Gasteiger charge is -2.30. The van der Waals surface area contributed by atoms with E-state index in [-0.39, 0.29) is 12.1 Å². The number of ether oxygens (including phenoxy) is 1. The van der Waals surface area contributed by atoms with Crippen LogP contribution >= 0.6 is 0 Å². The van der Waals surface area contributed by atoms with Crippen LogP contribution in [0.25, 0.3) is 6.08 Å². The first-order chi connectivity index (χ1) is 11.2. The summed E-state index contributed by atoms with van der Waals surface area (Å²) in [6.45, 7) is 3.03. The number of alkyl halides is 3. The van der Waals surface area contributed by atoms with Crippen molar-refractivity contribution >= 4 is 12.0 Å². The van der Waals surface area contributed by atoms with Gasteiger partial charge in [0.15, 0.2) is 0 Å². The fourth-order valence-electron chi connectivity index (χ4n) is 2.69. The zero-order valence-electron chi connectivity index (χ0n) is 14.1. The molecule has 24 heavy (non-hydrogen) atoms. The molecule has 1 atom stereocenters. The summed E-state index contributed by atoms with van der Waals surface area (Å²) in [6.07, 6.45) is 1.03. The van der Waals surface area contributed by atoms with Crippen LogP contribution in [0.4, 0.5) is 13.2 Å². The molecule has 0 fully saturated rings. The molecule has 2 rings (SSSR count). The molecule has 0 saturated carbocycles. The SMILES string of the molecule is CCC(C)/C=C/c1cc2c(c(OC)c1)C(=O)N(CC(F)(F)F)CC2. The van der Waals surface area contributed by atoms with Gasteiger partial charge in [-0.1, -0.05) is 38.5 Å². The maximum Gasteiger partial charge on any atom is 0.406 e. The van der Waals surface area contributed by atoms with Gasteiger partial charge in [-0.05, 0) is 29.5 Å². The van der Waals surface area contributed by atoms with E-state index in [1.54, 1.807) is 6.07 Å². The Morgan fingerprint density at radius 2 is 2.08 bits per heavy atom. The van der Waals surface area contributed by atoms with Gasteiger partial charge in [-0.3, -0.25) is 4.79 Å². The third kappa shape index (κ3) is 4.30. The molecule has 0 aliphatic carbocycles. The number of hydrogen-bond acceptors (Lipinski definition) is 2. The zero-order chi connectivity index (χ0) is 17.9. The van der Waals surface area contributed by atoms with E-state index in [0.717, 1.165) is 22.4 Å². The summed E-state index contributed by atoms with van der Waals surface area (Å²) in [5, 5.41) is 0. The molecule has 0 N–H and O–H groups in total. The van der Waals surface area contributed by atoms with Crippen LogP contribution in [0.15, 0.2) is 18.2 Å². The molecule has 0 bridgehead atoms. The predicted molar refractivity (Wildman–Crippen MR) is 87.1 cm³/mol. The van der Waals surface area contributed by atoms with E-state index in [2.05, 4.69) is 19.9 Å². The molecule has 0 aromatic heterocycles. The normalized spacial score (nSPS) is 16.4. The Morgan fingerprint density at radius 1 is 1.38 bits per heavy atom. The van der Waals surface area contributed by atoms with E-state index in [0.29, 0.717) is 18.1 Å². The Morgan fingerprint density at radius 3 is 2.67 bits per heavy atom. The first-order valence-electron chi connectivity index (χ1n) is 8.00. The Labute approximate surface area is 140 Å². The van der Waals surface area contributed by atoms with Gasteiger partial charge in [0.1, 0.15) is 12.3 Å². The lowest BCUT2D eigenvalue weighted by atomic mass is 9.94. The van der Waals surface area contributed by atoms with Gasteiger partial charge in [0, 0.05) is 6.54 Å². The average Bonchev–Trinajstić information content (AvgIpc) is 2.53. The highest BCUT2D eigenvalue weighted by Gasteiger charge is 2.36. The third-order valence-corrected chi connectivity index (χ3v) is 4.21. The summed E-state index contributed by atoms with van der Waals surface area (Å²) < 4.78 is 43.1. The van der Waals surface area contributed by atoms with E-state index in [4.69, 9.17) is 4.74 Å². The molecule has 132 valence electrons. The smallest absolute Gasteiger partial charge is 0.406 e. The number of halogens is 3. The van der Waals surface area contributed by atoms with Gasteiger partial charge >= 0.3 is 6.18 Å². The lowest BCUT2D eigenvalue weighted by molar-refractivity contribution is -0.141. The van der Waals surface area contributed by atoms with E-state index in [1.807, 2.05) is 12.1 Å². The molecule has 1 heterocycles. The summed E-state index contributed by atoms with van der Waals surface area (Å²) in [6, 6.07) is 3.56. The zero-order valence-corrected chi connectivity index (χ0v) is 14.1. The molecular formula is C18H22F3NO2. The van der Waals surface area contributed by atoms with Gasteiger partial charge in [0.2, 0.25) is 0 Å². The molecule has 3 nitrogen and oxygen atoms in total. The van der Waals surface area contributed by atoms with E-state index >= 15 is 0 Å². The van der Waals surface area contributed by atoms with Crippen molar-refractivity contribution < 1.29 is 22.7 Å². The highest BCUT2D eigenvalue weighted by molar-refractivity contribution is 6.00. The minimum absolute atomic E-state index is 0.0625. The van der Waals surface area contributed by atoms with Gasteiger partial charge in [-0.15, -0.1) is 0 Å².